The smallest absolute Gasteiger partial charge is 0.130 e. The van der Waals surface area contributed by atoms with Gasteiger partial charge in [-0.2, -0.15) is 0 Å². The Morgan fingerprint density at radius 1 is 1.47 bits per heavy atom. The van der Waals surface area contributed by atoms with Gasteiger partial charge in [-0.05, 0) is 20.1 Å². The van der Waals surface area contributed by atoms with Crippen molar-refractivity contribution in [1.82, 2.24) is 9.97 Å². The molecule has 0 unspecified atom stereocenters. The molecule has 0 saturated heterocycles. The van der Waals surface area contributed by atoms with Crippen molar-refractivity contribution in [2.24, 2.45) is 0 Å². The van der Waals surface area contributed by atoms with Crippen LogP contribution in [-0.4, -0.2) is 35.5 Å². The lowest BCUT2D eigenvalue weighted by atomic mass is 10.1. The highest BCUT2D eigenvalue weighted by Gasteiger charge is 2.17. The SMILES string of the molecule is COCC(C)(C)Nc1cc(SC)ncn1. The monoisotopic (exact) mass is 227 g/mol. The number of anilines is 1. The van der Waals surface area contributed by atoms with Crippen LogP contribution in [0.4, 0.5) is 5.82 Å². The Bertz CT molecular complexity index is 317. The van der Waals surface area contributed by atoms with Gasteiger partial charge < -0.3 is 10.1 Å². The molecule has 0 radical (unpaired) electrons. The zero-order valence-corrected chi connectivity index (χ0v) is 10.4. The molecule has 0 amide bonds. The van der Waals surface area contributed by atoms with Gasteiger partial charge in [0.25, 0.3) is 0 Å². The number of nitrogens with zero attached hydrogens (tertiary/aromatic N) is 2. The highest BCUT2D eigenvalue weighted by Crippen LogP contribution is 2.17. The van der Waals surface area contributed by atoms with Gasteiger partial charge in [0.05, 0.1) is 12.1 Å². The van der Waals surface area contributed by atoms with E-state index in [0.717, 1.165) is 10.8 Å². The Morgan fingerprint density at radius 2 is 2.20 bits per heavy atom. The van der Waals surface area contributed by atoms with Crippen molar-refractivity contribution in [3.8, 4) is 0 Å². The maximum Gasteiger partial charge on any atom is 0.130 e. The van der Waals surface area contributed by atoms with Crippen LogP contribution in [0.5, 0.6) is 0 Å². The Kier molecular flexibility index (Phi) is 4.35. The number of rotatable bonds is 5. The summed E-state index contributed by atoms with van der Waals surface area (Å²) in [5.41, 5.74) is -0.126. The fraction of sp³-hybridized carbons (Fsp3) is 0.600. The summed E-state index contributed by atoms with van der Waals surface area (Å²) in [6.45, 7) is 4.76. The number of nitrogens with one attached hydrogen (secondary N) is 1. The van der Waals surface area contributed by atoms with E-state index in [4.69, 9.17) is 4.74 Å². The molecule has 0 fully saturated rings. The molecular formula is C10H17N3OS. The molecule has 1 heterocycles. The van der Waals surface area contributed by atoms with Crippen molar-refractivity contribution >= 4 is 17.6 Å². The highest BCUT2D eigenvalue weighted by atomic mass is 32.2. The van der Waals surface area contributed by atoms with E-state index in [9.17, 15) is 0 Å². The lowest BCUT2D eigenvalue weighted by Gasteiger charge is -2.25. The molecular weight excluding hydrogens is 210 g/mol. The van der Waals surface area contributed by atoms with E-state index in [1.54, 1.807) is 25.2 Å². The first-order chi connectivity index (χ1) is 7.07. The summed E-state index contributed by atoms with van der Waals surface area (Å²) in [5.74, 6) is 0.830. The van der Waals surface area contributed by atoms with Crippen LogP contribution in [0.3, 0.4) is 0 Å². The van der Waals surface area contributed by atoms with E-state index >= 15 is 0 Å². The number of methoxy groups -OCH3 is 1. The van der Waals surface area contributed by atoms with Crippen molar-refractivity contribution in [3.05, 3.63) is 12.4 Å². The minimum Gasteiger partial charge on any atom is -0.382 e. The maximum atomic E-state index is 5.12. The molecule has 1 aromatic heterocycles. The molecule has 0 atom stereocenters. The largest absolute Gasteiger partial charge is 0.382 e. The van der Waals surface area contributed by atoms with Crippen LogP contribution in [0.2, 0.25) is 0 Å². The second-order valence-electron chi connectivity index (χ2n) is 3.89. The summed E-state index contributed by atoms with van der Waals surface area (Å²) in [6, 6.07) is 1.93. The fourth-order valence-corrected chi connectivity index (χ4v) is 1.65. The molecule has 1 N–H and O–H groups in total. The fourth-order valence-electron chi connectivity index (χ4n) is 1.26. The van der Waals surface area contributed by atoms with E-state index in [1.165, 1.54) is 0 Å². The first-order valence-corrected chi connectivity index (χ1v) is 5.93. The summed E-state index contributed by atoms with van der Waals surface area (Å²) in [7, 11) is 1.69. The molecule has 0 aliphatic heterocycles. The van der Waals surface area contributed by atoms with Crippen molar-refractivity contribution in [2.45, 2.75) is 24.4 Å². The van der Waals surface area contributed by atoms with Crippen LogP contribution in [0.15, 0.2) is 17.4 Å². The van der Waals surface area contributed by atoms with Gasteiger partial charge in [0.15, 0.2) is 0 Å². The van der Waals surface area contributed by atoms with Gasteiger partial charge in [-0.1, -0.05) is 0 Å². The summed E-state index contributed by atoms with van der Waals surface area (Å²) in [6.07, 6.45) is 3.56. The van der Waals surface area contributed by atoms with Crippen LogP contribution >= 0.6 is 11.8 Å². The van der Waals surface area contributed by atoms with Gasteiger partial charge in [0, 0.05) is 13.2 Å². The minimum atomic E-state index is -0.126. The Hall–Kier alpha value is -0.810. The molecule has 0 spiro atoms. The summed E-state index contributed by atoms with van der Waals surface area (Å²) in [4.78, 5) is 8.28. The molecule has 0 aliphatic rings. The Labute approximate surface area is 94.8 Å². The number of ether oxygens (including phenoxy) is 1. The first-order valence-electron chi connectivity index (χ1n) is 4.70. The van der Waals surface area contributed by atoms with Crippen LogP contribution in [0.25, 0.3) is 0 Å². The van der Waals surface area contributed by atoms with E-state index < -0.39 is 0 Å². The van der Waals surface area contributed by atoms with Gasteiger partial charge in [0.1, 0.15) is 17.2 Å². The van der Waals surface area contributed by atoms with E-state index in [2.05, 4.69) is 29.1 Å². The number of aromatic nitrogens is 2. The molecule has 1 aromatic rings. The number of thioether (sulfide) groups is 1. The molecule has 0 saturated carbocycles. The second kappa shape index (κ2) is 5.32. The lowest BCUT2D eigenvalue weighted by molar-refractivity contribution is 0.158. The molecule has 1 rings (SSSR count). The highest BCUT2D eigenvalue weighted by molar-refractivity contribution is 7.98. The molecule has 15 heavy (non-hydrogen) atoms. The average Bonchev–Trinajstić information content (AvgIpc) is 2.17. The predicted molar refractivity (Wildman–Crippen MR) is 63.4 cm³/mol. The zero-order chi connectivity index (χ0) is 11.3. The van der Waals surface area contributed by atoms with Crippen molar-refractivity contribution in [3.63, 3.8) is 0 Å². The Balaban J connectivity index is 2.71. The van der Waals surface area contributed by atoms with Crippen molar-refractivity contribution < 1.29 is 4.74 Å². The zero-order valence-electron chi connectivity index (χ0n) is 9.57. The average molecular weight is 227 g/mol. The third-order valence-electron chi connectivity index (χ3n) is 1.82. The quantitative estimate of drug-likeness (QED) is 0.616. The summed E-state index contributed by atoms with van der Waals surface area (Å²) in [5, 5.41) is 4.26. The third kappa shape index (κ3) is 4.05. The Morgan fingerprint density at radius 3 is 2.80 bits per heavy atom. The molecule has 0 bridgehead atoms. The lowest BCUT2D eigenvalue weighted by Crippen LogP contribution is -2.36. The van der Waals surface area contributed by atoms with Crippen LogP contribution in [0.1, 0.15) is 13.8 Å². The normalized spacial score (nSPS) is 11.5. The van der Waals surface area contributed by atoms with Gasteiger partial charge in [-0.15, -0.1) is 11.8 Å². The summed E-state index contributed by atoms with van der Waals surface area (Å²) < 4.78 is 5.12. The molecule has 84 valence electrons. The predicted octanol–water partition coefficient (Wildman–Crippen LogP) is 2.04. The second-order valence-corrected chi connectivity index (χ2v) is 4.71. The topological polar surface area (TPSA) is 47.0 Å². The number of hydrogen-bond acceptors (Lipinski definition) is 5. The molecule has 0 aromatic carbocycles. The van der Waals surface area contributed by atoms with Gasteiger partial charge >= 0.3 is 0 Å². The summed E-state index contributed by atoms with van der Waals surface area (Å²) >= 11 is 1.60. The van der Waals surface area contributed by atoms with Gasteiger partial charge in [0.2, 0.25) is 0 Å². The van der Waals surface area contributed by atoms with E-state index in [1.807, 2.05) is 12.3 Å². The molecule has 4 nitrogen and oxygen atoms in total. The minimum absolute atomic E-state index is 0.126. The maximum absolute atomic E-state index is 5.12. The van der Waals surface area contributed by atoms with Crippen LogP contribution in [-0.2, 0) is 4.74 Å². The van der Waals surface area contributed by atoms with Crippen LogP contribution in [0, 0.1) is 0 Å². The molecule has 0 aliphatic carbocycles. The molecule has 5 heteroatoms. The number of hydrogen-bond donors (Lipinski definition) is 1. The first kappa shape index (κ1) is 12.3. The van der Waals surface area contributed by atoms with Gasteiger partial charge in [-0.25, -0.2) is 9.97 Å². The third-order valence-corrected chi connectivity index (χ3v) is 2.46. The van der Waals surface area contributed by atoms with Crippen molar-refractivity contribution in [2.75, 3.05) is 25.3 Å². The van der Waals surface area contributed by atoms with E-state index in [-0.39, 0.29) is 5.54 Å². The standard InChI is InChI=1S/C10H17N3OS/c1-10(2,6-14-3)13-8-5-9(15-4)12-7-11-8/h5,7H,6H2,1-4H3,(H,11,12,13). The van der Waals surface area contributed by atoms with Crippen LogP contribution < -0.4 is 5.32 Å². The van der Waals surface area contributed by atoms with E-state index in [0.29, 0.717) is 6.61 Å². The van der Waals surface area contributed by atoms with Gasteiger partial charge in [-0.3, -0.25) is 0 Å². The van der Waals surface area contributed by atoms with Crippen molar-refractivity contribution in [1.29, 1.82) is 0 Å².